The molecule has 0 N–H and O–H groups in total. The van der Waals surface area contributed by atoms with E-state index in [4.69, 9.17) is 0 Å². The summed E-state index contributed by atoms with van der Waals surface area (Å²) in [6, 6.07) is 13.8. The number of carbonyl (C=O) groups is 1. The topological polar surface area (TPSA) is 55.3 Å². The highest BCUT2D eigenvalue weighted by molar-refractivity contribution is 5.66. The lowest BCUT2D eigenvalue weighted by atomic mass is 10.1. The highest BCUT2D eigenvalue weighted by Crippen LogP contribution is 2.29. The fourth-order valence-electron chi connectivity index (χ4n) is 3.07. The third kappa shape index (κ3) is 4.22. The van der Waals surface area contributed by atoms with Crippen molar-refractivity contribution in [3.63, 3.8) is 0 Å². The number of alkyl halides is 2. The highest BCUT2D eigenvalue weighted by Gasteiger charge is 2.19. The van der Waals surface area contributed by atoms with E-state index < -0.39 is 6.61 Å². The molecular formula is C22H15F2N3O2. The zero-order valence-corrected chi connectivity index (χ0v) is 15.2. The number of pyridine rings is 2. The van der Waals surface area contributed by atoms with E-state index in [0.29, 0.717) is 35.6 Å². The van der Waals surface area contributed by atoms with Crippen molar-refractivity contribution in [2.24, 2.45) is 0 Å². The smallest absolute Gasteiger partial charge is 0.387 e. The Morgan fingerprint density at radius 1 is 1.10 bits per heavy atom. The molecule has 0 saturated heterocycles. The van der Waals surface area contributed by atoms with Crippen molar-refractivity contribution in [1.82, 2.24) is 14.9 Å². The molecule has 2 aromatic heterocycles. The first-order valence-electron chi connectivity index (χ1n) is 8.83. The quantitative estimate of drug-likeness (QED) is 0.504. The van der Waals surface area contributed by atoms with Gasteiger partial charge in [-0.25, -0.2) is 4.98 Å². The average Bonchev–Trinajstić information content (AvgIpc) is 3.16. The van der Waals surface area contributed by atoms with Gasteiger partial charge < -0.3 is 9.64 Å². The van der Waals surface area contributed by atoms with Crippen LogP contribution in [0.3, 0.4) is 0 Å². The minimum atomic E-state index is -2.95. The van der Waals surface area contributed by atoms with Gasteiger partial charge in [0.05, 0.1) is 23.5 Å². The summed E-state index contributed by atoms with van der Waals surface area (Å²) in [6.07, 6.45) is 2.40. The predicted octanol–water partition coefficient (Wildman–Crippen LogP) is 3.62. The van der Waals surface area contributed by atoms with Gasteiger partial charge in [-0.3, -0.25) is 9.78 Å². The van der Waals surface area contributed by atoms with Crippen LogP contribution in [0.15, 0.2) is 54.7 Å². The Morgan fingerprint density at radius 2 is 2.00 bits per heavy atom. The number of nitrogens with zero attached hydrogens (tertiary/aromatic N) is 3. The molecule has 7 heteroatoms. The van der Waals surface area contributed by atoms with Crippen molar-refractivity contribution in [3.8, 4) is 28.8 Å². The molecule has 0 unspecified atom stereocenters. The van der Waals surface area contributed by atoms with Crippen LogP contribution in [0.2, 0.25) is 0 Å². The van der Waals surface area contributed by atoms with Crippen LogP contribution >= 0.6 is 0 Å². The van der Waals surface area contributed by atoms with Crippen LogP contribution in [-0.2, 0) is 17.9 Å². The standard InChI is InChI=1S/C22H15F2N3O2/c23-22(24)29-21-9-6-15(11-16(21)4-7-18-3-1-2-10-25-18)19-8-5-17-12-27(14-28)13-20(17)26-19/h1-3,5-6,8-11,14,22H,12-13H2. The number of ether oxygens (including phenoxy) is 1. The average molecular weight is 391 g/mol. The molecule has 3 heterocycles. The maximum atomic E-state index is 12.8. The van der Waals surface area contributed by atoms with Crippen molar-refractivity contribution in [2.45, 2.75) is 19.7 Å². The van der Waals surface area contributed by atoms with Crippen LogP contribution in [0.5, 0.6) is 5.75 Å². The van der Waals surface area contributed by atoms with Gasteiger partial charge in [-0.2, -0.15) is 8.78 Å². The lowest BCUT2D eigenvalue weighted by molar-refractivity contribution is -0.118. The molecule has 1 aliphatic rings. The first-order chi connectivity index (χ1) is 14.1. The van der Waals surface area contributed by atoms with Crippen LogP contribution in [0.1, 0.15) is 22.5 Å². The van der Waals surface area contributed by atoms with Gasteiger partial charge >= 0.3 is 6.61 Å². The molecule has 4 rings (SSSR count). The second kappa shape index (κ2) is 8.07. The molecule has 0 radical (unpaired) electrons. The van der Waals surface area contributed by atoms with E-state index in [1.54, 1.807) is 41.4 Å². The fraction of sp³-hybridized carbons (Fsp3) is 0.136. The Balaban J connectivity index is 1.71. The predicted molar refractivity (Wildman–Crippen MR) is 102 cm³/mol. The number of rotatable bonds is 4. The molecule has 0 saturated carbocycles. The van der Waals surface area contributed by atoms with Crippen molar-refractivity contribution < 1.29 is 18.3 Å². The summed E-state index contributed by atoms with van der Waals surface area (Å²) in [5, 5.41) is 0. The summed E-state index contributed by atoms with van der Waals surface area (Å²) in [5.41, 5.74) is 4.03. The summed E-state index contributed by atoms with van der Waals surface area (Å²) in [5.74, 6) is 5.70. The first-order valence-corrected chi connectivity index (χ1v) is 8.83. The van der Waals surface area contributed by atoms with E-state index in [1.807, 2.05) is 12.1 Å². The SMILES string of the molecule is O=CN1Cc2ccc(-c3ccc(OC(F)F)c(C#Cc4ccccn4)c3)nc2C1. The lowest BCUT2D eigenvalue weighted by Gasteiger charge is -2.09. The second-order valence-corrected chi connectivity index (χ2v) is 6.37. The molecule has 0 atom stereocenters. The number of amides is 1. The summed E-state index contributed by atoms with van der Waals surface area (Å²) < 4.78 is 30.2. The van der Waals surface area contributed by atoms with E-state index in [2.05, 4.69) is 26.5 Å². The summed E-state index contributed by atoms with van der Waals surface area (Å²) in [4.78, 5) is 21.4. The van der Waals surface area contributed by atoms with Crippen molar-refractivity contribution in [2.75, 3.05) is 0 Å². The Labute approximate surface area is 166 Å². The van der Waals surface area contributed by atoms with Crippen molar-refractivity contribution in [3.05, 3.63) is 77.2 Å². The third-order valence-corrected chi connectivity index (χ3v) is 4.43. The number of carbonyl (C=O) groups excluding carboxylic acids is 1. The Hall–Kier alpha value is -3.79. The number of hydrogen-bond acceptors (Lipinski definition) is 4. The van der Waals surface area contributed by atoms with E-state index in [0.717, 1.165) is 17.7 Å². The Bertz CT molecular complexity index is 1110. The van der Waals surface area contributed by atoms with Gasteiger partial charge in [0, 0.05) is 18.3 Å². The third-order valence-electron chi connectivity index (χ3n) is 4.43. The summed E-state index contributed by atoms with van der Waals surface area (Å²) >= 11 is 0. The van der Waals surface area contributed by atoms with Gasteiger partial charge in [0.15, 0.2) is 0 Å². The molecule has 1 amide bonds. The van der Waals surface area contributed by atoms with Crippen LogP contribution in [-0.4, -0.2) is 27.9 Å². The monoisotopic (exact) mass is 391 g/mol. The summed E-state index contributed by atoms with van der Waals surface area (Å²) in [6.45, 7) is -1.97. The van der Waals surface area contributed by atoms with E-state index in [1.165, 1.54) is 6.07 Å². The first kappa shape index (κ1) is 18.6. The zero-order valence-electron chi connectivity index (χ0n) is 15.2. The van der Waals surface area contributed by atoms with Crippen LogP contribution in [0, 0.1) is 11.8 Å². The minimum absolute atomic E-state index is 0.0135. The van der Waals surface area contributed by atoms with Gasteiger partial charge in [-0.1, -0.05) is 18.1 Å². The molecule has 144 valence electrons. The van der Waals surface area contributed by atoms with Crippen LogP contribution < -0.4 is 4.74 Å². The maximum absolute atomic E-state index is 12.8. The molecule has 0 fully saturated rings. The van der Waals surface area contributed by atoms with E-state index >= 15 is 0 Å². The van der Waals surface area contributed by atoms with E-state index in [9.17, 15) is 13.6 Å². The van der Waals surface area contributed by atoms with Crippen LogP contribution in [0.25, 0.3) is 11.3 Å². The fourth-order valence-corrected chi connectivity index (χ4v) is 3.07. The largest absolute Gasteiger partial charge is 0.434 e. The minimum Gasteiger partial charge on any atom is -0.434 e. The molecule has 0 spiro atoms. The molecule has 29 heavy (non-hydrogen) atoms. The highest BCUT2D eigenvalue weighted by atomic mass is 19.3. The number of fused-ring (bicyclic) bond motifs is 1. The molecule has 5 nitrogen and oxygen atoms in total. The van der Waals surface area contributed by atoms with Crippen LogP contribution in [0.4, 0.5) is 8.78 Å². The molecule has 0 bridgehead atoms. The molecule has 0 aliphatic carbocycles. The molecule has 1 aliphatic heterocycles. The second-order valence-electron chi connectivity index (χ2n) is 6.37. The van der Waals surface area contributed by atoms with E-state index in [-0.39, 0.29) is 5.75 Å². The van der Waals surface area contributed by atoms with Gasteiger partial charge in [-0.05, 0) is 47.9 Å². The molecular weight excluding hydrogens is 376 g/mol. The van der Waals surface area contributed by atoms with Crippen molar-refractivity contribution >= 4 is 6.41 Å². The number of halogens is 2. The van der Waals surface area contributed by atoms with Gasteiger partial charge in [-0.15, -0.1) is 0 Å². The molecule has 3 aromatic rings. The lowest BCUT2D eigenvalue weighted by Crippen LogP contribution is -2.12. The number of benzene rings is 1. The zero-order chi connectivity index (χ0) is 20.2. The van der Waals surface area contributed by atoms with Gasteiger partial charge in [0.2, 0.25) is 6.41 Å². The number of aromatic nitrogens is 2. The Morgan fingerprint density at radius 3 is 2.76 bits per heavy atom. The maximum Gasteiger partial charge on any atom is 0.387 e. The Kier molecular flexibility index (Phi) is 5.16. The van der Waals surface area contributed by atoms with Crippen molar-refractivity contribution in [1.29, 1.82) is 0 Å². The molecule has 1 aromatic carbocycles. The van der Waals surface area contributed by atoms with Gasteiger partial charge in [0.25, 0.3) is 0 Å². The summed E-state index contributed by atoms with van der Waals surface area (Å²) in [7, 11) is 0. The van der Waals surface area contributed by atoms with Gasteiger partial charge in [0.1, 0.15) is 11.4 Å². The normalized spacial score (nSPS) is 12.3. The number of hydrogen-bond donors (Lipinski definition) is 0.